The molecule has 1 fully saturated rings. The first-order valence-corrected chi connectivity index (χ1v) is 11.1. The van der Waals surface area contributed by atoms with Crippen molar-refractivity contribution < 1.29 is 32.2 Å². The predicted octanol–water partition coefficient (Wildman–Crippen LogP) is 0.759. The highest BCUT2D eigenvalue weighted by Gasteiger charge is 2.26. The van der Waals surface area contributed by atoms with E-state index in [1.807, 2.05) is 0 Å². The molecule has 2 rings (SSSR count). The third kappa shape index (κ3) is 6.91. The van der Waals surface area contributed by atoms with Gasteiger partial charge >= 0.3 is 5.97 Å². The highest BCUT2D eigenvalue weighted by molar-refractivity contribution is 7.89. The third-order valence-corrected chi connectivity index (χ3v) is 6.32. The van der Waals surface area contributed by atoms with Crippen LogP contribution in [0.3, 0.4) is 0 Å². The number of benzene rings is 1. The summed E-state index contributed by atoms with van der Waals surface area (Å²) in [7, 11) is -2.05. The van der Waals surface area contributed by atoms with Crippen LogP contribution < -0.4 is 0 Å². The normalized spacial score (nSPS) is 15.3. The zero-order valence-corrected chi connectivity index (χ0v) is 18.1. The molecule has 0 N–H and O–H groups in total. The molecule has 0 bridgehead atoms. The van der Waals surface area contributed by atoms with Crippen LogP contribution in [-0.4, -0.2) is 89.2 Å². The summed E-state index contributed by atoms with van der Waals surface area (Å²) < 4.78 is 41.8. The molecule has 0 atom stereocenters. The second kappa shape index (κ2) is 11.8. The van der Waals surface area contributed by atoms with E-state index in [1.54, 1.807) is 25.1 Å². The van der Waals surface area contributed by atoms with Gasteiger partial charge in [0.2, 0.25) is 15.9 Å². The maximum absolute atomic E-state index is 12.6. The van der Waals surface area contributed by atoms with E-state index >= 15 is 0 Å². The molecule has 0 aromatic heterocycles. The Balaban J connectivity index is 2.04. The van der Waals surface area contributed by atoms with Gasteiger partial charge in [-0.3, -0.25) is 9.59 Å². The Bertz CT molecular complexity index is 831. The molecule has 30 heavy (non-hydrogen) atoms. The maximum Gasteiger partial charge on any atom is 0.325 e. The summed E-state index contributed by atoms with van der Waals surface area (Å²) in [4.78, 5) is 25.7. The van der Waals surface area contributed by atoms with Gasteiger partial charge < -0.3 is 19.1 Å². The van der Waals surface area contributed by atoms with Gasteiger partial charge in [0, 0.05) is 32.8 Å². The molecule has 1 amide bonds. The van der Waals surface area contributed by atoms with Crippen LogP contribution in [0.25, 0.3) is 6.08 Å². The minimum Gasteiger partial charge on any atom is -0.465 e. The molecule has 1 aliphatic rings. The summed E-state index contributed by atoms with van der Waals surface area (Å²) in [6.07, 6.45) is 2.90. The average Bonchev–Trinajstić information content (AvgIpc) is 2.76. The quantitative estimate of drug-likeness (QED) is 0.391. The lowest BCUT2D eigenvalue weighted by molar-refractivity contribution is -0.148. The second-order valence-electron chi connectivity index (χ2n) is 6.48. The molecule has 0 spiro atoms. The Morgan fingerprint density at radius 2 is 1.87 bits per heavy atom. The molecule has 1 aromatic carbocycles. The van der Waals surface area contributed by atoms with Crippen LogP contribution in [0.5, 0.6) is 0 Å². The third-order valence-electron chi connectivity index (χ3n) is 4.41. The molecular formula is C20H28N2O7S. The number of ether oxygens (including phenoxy) is 3. The van der Waals surface area contributed by atoms with E-state index < -0.39 is 16.0 Å². The van der Waals surface area contributed by atoms with E-state index in [0.717, 1.165) is 0 Å². The van der Waals surface area contributed by atoms with Crippen molar-refractivity contribution in [3.63, 3.8) is 0 Å². The van der Waals surface area contributed by atoms with Gasteiger partial charge in [0.15, 0.2) is 0 Å². The maximum atomic E-state index is 12.6. The molecule has 1 saturated heterocycles. The molecule has 1 aliphatic heterocycles. The number of rotatable bonds is 10. The van der Waals surface area contributed by atoms with Crippen molar-refractivity contribution in [1.29, 1.82) is 0 Å². The van der Waals surface area contributed by atoms with Crippen LogP contribution in [0.4, 0.5) is 0 Å². The van der Waals surface area contributed by atoms with Gasteiger partial charge in [-0.1, -0.05) is 12.1 Å². The molecule has 0 aliphatic carbocycles. The van der Waals surface area contributed by atoms with Crippen LogP contribution in [0.15, 0.2) is 35.2 Å². The topological polar surface area (TPSA) is 102 Å². The number of nitrogens with zero attached hydrogens (tertiary/aromatic N) is 2. The van der Waals surface area contributed by atoms with E-state index in [-0.39, 0.29) is 37.1 Å². The minimum atomic E-state index is -3.56. The van der Waals surface area contributed by atoms with Gasteiger partial charge in [-0.2, -0.15) is 4.31 Å². The number of amides is 1. The van der Waals surface area contributed by atoms with Gasteiger partial charge in [0.05, 0.1) is 31.3 Å². The Kier molecular flexibility index (Phi) is 9.44. The fourth-order valence-corrected chi connectivity index (χ4v) is 4.20. The van der Waals surface area contributed by atoms with Crippen molar-refractivity contribution >= 4 is 28.0 Å². The largest absolute Gasteiger partial charge is 0.465 e. The Morgan fingerprint density at radius 3 is 2.47 bits per heavy atom. The number of carbonyl (C=O) groups is 2. The fourth-order valence-electron chi connectivity index (χ4n) is 2.79. The molecule has 9 nitrogen and oxygen atoms in total. The lowest BCUT2D eigenvalue weighted by atomic mass is 10.2. The van der Waals surface area contributed by atoms with Crippen LogP contribution in [0.1, 0.15) is 12.5 Å². The zero-order valence-electron chi connectivity index (χ0n) is 17.3. The summed E-state index contributed by atoms with van der Waals surface area (Å²) >= 11 is 0. The van der Waals surface area contributed by atoms with Gasteiger partial charge in [-0.15, -0.1) is 0 Å². The Labute approximate surface area is 177 Å². The molecule has 0 radical (unpaired) electrons. The molecular weight excluding hydrogens is 412 g/mol. The van der Waals surface area contributed by atoms with E-state index in [0.29, 0.717) is 31.9 Å². The van der Waals surface area contributed by atoms with Gasteiger partial charge in [-0.25, -0.2) is 8.42 Å². The van der Waals surface area contributed by atoms with Crippen molar-refractivity contribution in [3.05, 3.63) is 35.9 Å². The first-order valence-electron chi connectivity index (χ1n) is 9.68. The molecule has 166 valence electrons. The van der Waals surface area contributed by atoms with Crippen molar-refractivity contribution in [2.75, 3.05) is 59.7 Å². The summed E-state index contributed by atoms with van der Waals surface area (Å²) in [6, 6.07) is 6.27. The fraction of sp³-hybridized carbons (Fsp3) is 0.500. The molecule has 1 heterocycles. The van der Waals surface area contributed by atoms with Gasteiger partial charge in [0.25, 0.3) is 0 Å². The second-order valence-corrected chi connectivity index (χ2v) is 8.41. The number of sulfonamides is 1. The van der Waals surface area contributed by atoms with Crippen LogP contribution >= 0.6 is 0 Å². The summed E-state index contributed by atoms with van der Waals surface area (Å²) in [5, 5.41) is 0. The number of hydrogen-bond acceptors (Lipinski definition) is 7. The molecule has 10 heteroatoms. The predicted molar refractivity (Wildman–Crippen MR) is 110 cm³/mol. The van der Waals surface area contributed by atoms with Crippen LogP contribution in [0.2, 0.25) is 0 Å². The smallest absolute Gasteiger partial charge is 0.325 e. The lowest BCUT2D eigenvalue weighted by Gasteiger charge is -2.26. The highest BCUT2D eigenvalue weighted by atomic mass is 32.2. The standard InChI is InChI=1S/C20H28N2O7S/c1-3-29-20(24)16-21(10-13-27-2)19(23)9-6-17-4-7-18(8-5-17)30(25,26)22-11-14-28-15-12-22/h4-9H,3,10-16H2,1-2H3/b9-6+. The zero-order chi connectivity index (χ0) is 22.0. The molecule has 0 unspecified atom stereocenters. The average molecular weight is 441 g/mol. The van der Waals surface area contributed by atoms with Crippen molar-refractivity contribution in [3.8, 4) is 0 Å². The van der Waals surface area contributed by atoms with Crippen molar-refractivity contribution in [1.82, 2.24) is 9.21 Å². The van der Waals surface area contributed by atoms with Gasteiger partial charge in [-0.05, 0) is 30.7 Å². The van der Waals surface area contributed by atoms with E-state index in [1.165, 1.54) is 34.5 Å². The molecule has 1 aromatic rings. The van der Waals surface area contributed by atoms with Crippen molar-refractivity contribution in [2.24, 2.45) is 0 Å². The van der Waals surface area contributed by atoms with E-state index in [9.17, 15) is 18.0 Å². The van der Waals surface area contributed by atoms with Crippen LogP contribution in [0, 0.1) is 0 Å². The molecule has 0 saturated carbocycles. The number of hydrogen-bond donors (Lipinski definition) is 0. The first-order chi connectivity index (χ1) is 14.4. The summed E-state index contributed by atoms with van der Waals surface area (Å²) in [5.41, 5.74) is 0.659. The van der Waals surface area contributed by atoms with Crippen molar-refractivity contribution in [2.45, 2.75) is 11.8 Å². The van der Waals surface area contributed by atoms with E-state index in [4.69, 9.17) is 14.2 Å². The minimum absolute atomic E-state index is 0.170. The SMILES string of the molecule is CCOC(=O)CN(CCOC)C(=O)/C=C/c1ccc(S(=O)(=O)N2CCOCC2)cc1. The Hall–Kier alpha value is -2.27. The highest BCUT2D eigenvalue weighted by Crippen LogP contribution is 2.18. The monoisotopic (exact) mass is 440 g/mol. The van der Waals surface area contributed by atoms with Crippen LogP contribution in [-0.2, 0) is 33.8 Å². The first kappa shape index (κ1) is 24.0. The number of morpholine rings is 1. The number of esters is 1. The van der Waals surface area contributed by atoms with Gasteiger partial charge in [0.1, 0.15) is 6.54 Å². The summed E-state index contributed by atoms with van der Waals surface area (Å²) in [6.45, 7) is 3.72. The Morgan fingerprint density at radius 1 is 1.20 bits per heavy atom. The lowest BCUT2D eigenvalue weighted by Crippen LogP contribution is -2.40. The van der Waals surface area contributed by atoms with E-state index in [2.05, 4.69) is 0 Å². The number of methoxy groups -OCH3 is 1. The summed E-state index contributed by atoms with van der Waals surface area (Å²) in [5.74, 6) is -0.863. The number of carbonyl (C=O) groups excluding carboxylic acids is 2.